The molecular weight excluding hydrogens is 250 g/mol. The van der Waals surface area contributed by atoms with Crippen molar-refractivity contribution in [3.63, 3.8) is 0 Å². The van der Waals surface area contributed by atoms with Gasteiger partial charge in [-0.2, -0.15) is 5.26 Å². The van der Waals surface area contributed by atoms with E-state index in [2.05, 4.69) is 16.0 Å². The Morgan fingerprint density at radius 1 is 1.50 bits per heavy atom. The molecule has 3 rings (SSSR count). The van der Waals surface area contributed by atoms with Gasteiger partial charge in [0, 0.05) is 10.9 Å². The van der Waals surface area contributed by atoms with Crippen molar-refractivity contribution in [3.05, 3.63) is 39.8 Å². The second kappa shape index (κ2) is 4.13. The van der Waals surface area contributed by atoms with Crippen LogP contribution in [0.5, 0.6) is 0 Å². The van der Waals surface area contributed by atoms with E-state index in [0.717, 1.165) is 16.3 Å². The Kier molecular flexibility index (Phi) is 2.46. The lowest BCUT2D eigenvalue weighted by atomic mass is 10.2. The van der Waals surface area contributed by atoms with Crippen LogP contribution in [0.1, 0.15) is 5.69 Å². The zero-order chi connectivity index (χ0) is 12.5. The van der Waals surface area contributed by atoms with Gasteiger partial charge in [0.05, 0.1) is 23.7 Å². The van der Waals surface area contributed by atoms with Crippen LogP contribution in [0.25, 0.3) is 21.7 Å². The number of oxazole rings is 1. The van der Waals surface area contributed by atoms with Gasteiger partial charge in [0.15, 0.2) is 5.58 Å². The van der Waals surface area contributed by atoms with Gasteiger partial charge < -0.3 is 4.42 Å². The van der Waals surface area contributed by atoms with E-state index in [0.29, 0.717) is 17.5 Å². The van der Waals surface area contributed by atoms with Crippen molar-refractivity contribution in [1.29, 1.82) is 5.26 Å². The summed E-state index contributed by atoms with van der Waals surface area (Å²) in [5.41, 5.74) is 2.83. The molecule has 0 fully saturated rings. The predicted molar refractivity (Wildman–Crippen MR) is 67.3 cm³/mol. The fourth-order valence-electron chi connectivity index (χ4n) is 1.69. The van der Waals surface area contributed by atoms with E-state index >= 15 is 0 Å². The molecule has 0 unspecified atom stereocenters. The molecule has 2 aromatic heterocycles. The third kappa shape index (κ3) is 1.81. The van der Waals surface area contributed by atoms with E-state index in [4.69, 9.17) is 9.68 Å². The number of rotatable bonds is 2. The molecule has 0 spiro atoms. The Labute approximate surface area is 105 Å². The van der Waals surface area contributed by atoms with Crippen LogP contribution in [0.15, 0.2) is 32.8 Å². The molecule has 0 radical (unpaired) electrons. The number of hydrogen-bond acceptors (Lipinski definition) is 5. The third-order valence-electron chi connectivity index (χ3n) is 2.48. The summed E-state index contributed by atoms with van der Waals surface area (Å²) in [7, 11) is 0. The SMILES string of the molecule is N#CCc1csc(-c2ccc3oc(=O)[nH]c3c2)n1. The molecule has 3 aromatic rings. The van der Waals surface area contributed by atoms with Gasteiger partial charge in [-0.3, -0.25) is 4.98 Å². The number of thiazole rings is 1. The molecule has 6 heteroatoms. The Hall–Kier alpha value is -2.39. The zero-order valence-electron chi connectivity index (χ0n) is 9.14. The first kappa shape index (κ1) is 10.7. The van der Waals surface area contributed by atoms with E-state index < -0.39 is 5.76 Å². The maximum Gasteiger partial charge on any atom is 0.417 e. The Morgan fingerprint density at radius 2 is 2.39 bits per heavy atom. The highest BCUT2D eigenvalue weighted by molar-refractivity contribution is 7.13. The summed E-state index contributed by atoms with van der Waals surface area (Å²) >= 11 is 1.47. The van der Waals surface area contributed by atoms with Gasteiger partial charge in [0.1, 0.15) is 5.01 Å². The monoisotopic (exact) mass is 257 g/mol. The minimum Gasteiger partial charge on any atom is -0.408 e. The van der Waals surface area contributed by atoms with Gasteiger partial charge in [0.2, 0.25) is 0 Å². The second-order valence-electron chi connectivity index (χ2n) is 3.70. The Bertz CT molecular complexity index is 806. The number of nitrogens with zero attached hydrogens (tertiary/aromatic N) is 2. The van der Waals surface area contributed by atoms with Crippen molar-refractivity contribution in [1.82, 2.24) is 9.97 Å². The number of nitriles is 1. The highest BCUT2D eigenvalue weighted by atomic mass is 32.1. The largest absolute Gasteiger partial charge is 0.417 e. The molecule has 18 heavy (non-hydrogen) atoms. The van der Waals surface area contributed by atoms with E-state index in [9.17, 15) is 4.79 Å². The molecule has 0 saturated carbocycles. The summed E-state index contributed by atoms with van der Waals surface area (Å²) in [5, 5.41) is 11.3. The maximum atomic E-state index is 11.1. The Balaban J connectivity index is 2.07. The quantitative estimate of drug-likeness (QED) is 0.763. The molecular formula is C12H7N3O2S. The third-order valence-corrected chi connectivity index (χ3v) is 3.42. The molecule has 0 aliphatic rings. The van der Waals surface area contributed by atoms with E-state index in [-0.39, 0.29) is 0 Å². The molecule has 0 amide bonds. The molecule has 1 N–H and O–H groups in total. The highest BCUT2D eigenvalue weighted by Crippen LogP contribution is 2.26. The first-order chi connectivity index (χ1) is 8.76. The lowest BCUT2D eigenvalue weighted by Crippen LogP contribution is -1.92. The number of aromatic amines is 1. The molecule has 0 bridgehead atoms. The minimum absolute atomic E-state index is 0.307. The van der Waals surface area contributed by atoms with Crippen molar-refractivity contribution in [3.8, 4) is 16.6 Å². The van der Waals surface area contributed by atoms with Gasteiger partial charge in [-0.05, 0) is 18.2 Å². The van der Waals surface area contributed by atoms with Gasteiger partial charge >= 0.3 is 5.76 Å². The number of hydrogen-bond donors (Lipinski definition) is 1. The summed E-state index contributed by atoms with van der Waals surface area (Å²) in [5.74, 6) is -0.466. The summed E-state index contributed by atoms with van der Waals surface area (Å²) < 4.78 is 4.93. The molecule has 1 aromatic carbocycles. The summed E-state index contributed by atoms with van der Waals surface area (Å²) in [4.78, 5) is 18.0. The van der Waals surface area contributed by atoms with Crippen molar-refractivity contribution in [2.45, 2.75) is 6.42 Å². The molecule has 0 atom stereocenters. The van der Waals surface area contributed by atoms with Crippen LogP contribution in [-0.2, 0) is 6.42 Å². The van der Waals surface area contributed by atoms with Crippen LogP contribution in [0.2, 0.25) is 0 Å². The van der Waals surface area contributed by atoms with Crippen LogP contribution in [0.3, 0.4) is 0 Å². The van der Waals surface area contributed by atoms with Crippen LogP contribution >= 0.6 is 11.3 Å². The van der Waals surface area contributed by atoms with Gasteiger partial charge in [0.25, 0.3) is 0 Å². The smallest absolute Gasteiger partial charge is 0.408 e. The Morgan fingerprint density at radius 3 is 3.22 bits per heavy atom. The first-order valence-corrected chi connectivity index (χ1v) is 6.09. The van der Waals surface area contributed by atoms with Crippen molar-refractivity contribution < 1.29 is 4.42 Å². The second-order valence-corrected chi connectivity index (χ2v) is 4.56. The molecule has 2 heterocycles. The van der Waals surface area contributed by atoms with E-state index in [1.165, 1.54) is 11.3 Å². The minimum atomic E-state index is -0.466. The highest BCUT2D eigenvalue weighted by Gasteiger charge is 2.07. The lowest BCUT2D eigenvalue weighted by molar-refractivity contribution is 0.555. The molecule has 0 saturated heterocycles. The summed E-state index contributed by atoms with van der Waals surface area (Å²) in [6.07, 6.45) is 0.307. The van der Waals surface area contributed by atoms with Crippen molar-refractivity contribution >= 4 is 22.4 Å². The zero-order valence-corrected chi connectivity index (χ0v) is 9.95. The number of aromatic nitrogens is 2. The maximum absolute atomic E-state index is 11.1. The fourth-order valence-corrected chi connectivity index (χ4v) is 2.50. The molecule has 5 nitrogen and oxygen atoms in total. The number of H-pyrrole nitrogens is 1. The van der Waals surface area contributed by atoms with Crippen LogP contribution < -0.4 is 5.76 Å². The van der Waals surface area contributed by atoms with E-state index in [1.54, 1.807) is 6.07 Å². The van der Waals surface area contributed by atoms with Gasteiger partial charge in [-0.25, -0.2) is 9.78 Å². The van der Waals surface area contributed by atoms with Crippen LogP contribution in [0.4, 0.5) is 0 Å². The average Bonchev–Trinajstić information content (AvgIpc) is 2.93. The first-order valence-electron chi connectivity index (χ1n) is 5.21. The number of nitrogens with one attached hydrogen (secondary N) is 1. The van der Waals surface area contributed by atoms with Crippen molar-refractivity contribution in [2.75, 3.05) is 0 Å². The van der Waals surface area contributed by atoms with Crippen LogP contribution in [0, 0.1) is 11.3 Å². The van der Waals surface area contributed by atoms with E-state index in [1.807, 2.05) is 17.5 Å². The predicted octanol–water partition coefficient (Wildman–Crippen LogP) is 2.31. The van der Waals surface area contributed by atoms with Crippen molar-refractivity contribution in [2.24, 2.45) is 0 Å². The standard InChI is InChI=1S/C12H7N3O2S/c13-4-3-8-6-18-11(14-8)7-1-2-10-9(5-7)15-12(16)17-10/h1-2,5-6H,3H2,(H,15,16). The molecule has 0 aliphatic heterocycles. The lowest BCUT2D eigenvalue weighted by Gasteiger charge is -1.95. The normalized spacial score (nSPS) is 10.6. The summed E-state index contributed by atoms with van der Waals surface area (Å²) in [6, 6.07) is 7.45. The van der Waals surface area contributed by atoms with Gasteiger partial charge in [-0.1, -0.05) is 0 Å². The summed E-state index contributed by atoms with van der Waals surface area (Å²) in [6.45, 7) is 0. The number of benzene rings is 1. The van der Waals surface area contributed by atoms with Gasteiger partial charge in [-0.15, -0.1) is 11.3 Å². The number of fused-ring (bicyclic) bond motifs is 1. The topological polar surface area (TPSA) is 82.7 Å². The van der Waals surface area contributed by atoms with Crippen LogP contribution in [-0.4, -0.2) is 9.97 Å². The molecule has 88 valence electrons. The fraction of sp³-hybridized carbons (Fsp3) is 0.0833. The molecule has 0 aliphatic carbocycles. The average molecular weight is 257 g/mol.